The Morgan fingerprint density at radius 3 is 2.54 bits per heavy atom. The molecule has 1 heterocycles. The molecule has 2 atom stereocenters. The van der Waals surface area contributed by atoms with Gasteiger partial charge in [-0.05, 0) is 19.8 Å². The van der Waals surface area contributed by atoms with E-state index in [1.165, 1.54) is 32.1 Å². The number of hydrogen-bond acceptors (Lipinski definition) is 4. The number of carbonyl (C=O) groups is 1. The maximum atomic E-state index is 13.2. The second-order valence-corrected chi connectivity index (χ2v) is 9.72. The summed E-state index contributed by atoms with van der Waals surface area (Å²) in [7, 11) is 0. The molecule has 0 aromatic carbocycles. The van der Waals surface area contributed by atoms with Crippen molar-refractivity contribution in [1.29, 1.82) is 0 Å². The summed E-state index contributed by atoms with van der Waals surface area (Å²) in [6.07, 6.45) is 7.23. The van der Waals surface area contributed by atoms with Gasteiger partial charge in [-0.3, -0.25) is 4.79 Å². The smallest absolute Gasteiger partial charge is 0.243 e. The number of ether oxygens (including phenoxy) is 1. The predicted molar refractivity (Wildman–Crippen MR) is 103 cm³/mol. The van der Waals surface area contributed by atoms with Crippen molar-refractivity contribution in [1.82, 2.24) is 4.90 Å². The van der Waals surface area contributed by atoms with Gasteiger partial charge in [-0.25, -0.2) is 0 Å². The van der Waals surface area contributed by atoms with Crippen LogP contribution in [0.2, 0.25) is 0 Å². The van der Waals surface area contributed by atoms with E-state index in [-0.39, 0.29) is 29.8 Å². The van der Waals surface area contributed by atoms with Gasteiger partial charge in [-0.15, -0.1) is 12.4 Å². The average Bonchev–Trinajstić information content (AvgIpc) is 2.54. The molecular weight excluding hydrogens is 344 g/mol. The first-order valence-corrected chi connectivity index (χ1v) is 10.2. The highest BCUT2D eigenvalue weighted by molar-refractivity contribution is 8.00. The molecule has 0 bridgehead atoms. The summed E-state index contributed by atoms with van der Waals surface area (Å²) in [6.45, 7) is 8.60. The van der Waals surface area contributed by atoms with Crippen molar-refractivity contribution in [3.8, 4) is 0 Å². The minimum Gasteiger partial charge on any atom is -0.378 e. The molecule has 2 saturated carbocycles. The van der Waals surface area contributed by atoms with E-state index < -0.39 is 5.54 Å². The zero-order chi connectivity index (χ0) is 16.7. The first kappa shape index (κ1) is 20.3. The highest BCUT2D eigenvalue weighted by Crippen LogP contribution is 2.51. The van der Waals surface area contributed by atoms with Crippen LogP contribution >= 0.6 is 24.2 Å². The summed E-state index contributed by atoms with van der Waals surface area (Å²) in [5.41, 5.74) is 5.57. The van der Waals surface area contributed by atoms with Gasteiger partial charge in [-0.1, -0.05) is 33.1 Å². The van der Waals surface area contributed by atoms with E-state index in [1.54, 1.807) is 0 Å². The van der Waals surface area contributed by atoms with Gasteiger partial charge in [0.1, 0.15) is 5.54 Å². The number of nitrogens with zero attached hydrogens (tertiary/aromatic N) is 1. The molecule has 0 aromatic heterocycles. The molecule has 3 fully saturated rings. The Labute approximate surface area is 157 Å². The third-order valence-electron chi connectivity index (χ3n) is 6.51. The van der Waals surface area contributed by atoms with Crippen LogP contribution in [0.4, 0.5) is 0 Å². The molecule has 0 aromatic rings. The monoisotopic (exact) mass is 376 g/mol. The fourth-order valence-corrected chi connectivity index (χ4v) is 6.17. The molecule has 24 heavy (non-hydrogen) atoms. The fourth-order valence-electron chi connectivity index (χ4n) is 4.60. The van der Waals surface area contributed by atoms with Gasteiger partial charge in [0.25, 0.3) is 0 Å². The van der Waals surface area contributed by atoms with E-state index in [9.17, 15) is 4.79 Å². The summed E-state index contributed by atoms with van der Waals surface area (Å²) in [5.74, 6) is 1.21. The summed E-state index contributed by atoms with van der Waals surface area (Å²) >= 11 is 2.09. The first-order valence-electron chi connectivity index (χ1n) is 9.18. The molecule has 0 radical (unpaired) electrons. The van der Waals surface area contributed by atoms with Crippen molar-refractivity contribution in [2.24, 2.45) is 11.1 Å². The maximum Gasteiger partial charge on any atom is 0.243 e. The molecule has 1 aliphatic heterocycles. The highest BCUT2D eigenvalue weighted by atomic mass is 35.5. The zero-order valence-electron chi connectivity index (χ0n) is 15.3. The second-order valence-electron chi connectivity index (χ2n) is 8.16. The summed E-state index contributed by atoms with van der Waals surface area (Å²) in [5, 5.41) is 0. The Balaban J connectivity index is 0.00000208. The molecule has 1 saturated heterocycles. The van der Waals surface area contributed by atoms with E-state index in [0.29, 0.717) is 17.8 Å². The summed E-state index contributed by atoms with van der Waals surface area (Å²) in [4.78, 5) is 15.3. The predicted octanol–water partition coefficient (Wildman–Crippen LogP) is 3.22. The van der Waals surface area contributed by atoms with Gasteiger partial charge in [0.05, 0.1) is 6.10 Å². The number of rotatable bonds is 3. The Kier molecular flexibility index (Phi) is 6.22. The summed E-state index contributed by atoms with van der Waals surface area (Å²) in [6, 6.07) is 0. The molecule has 2 unspecified atom stereocenters. The minimum absolute atomic E-state index is 0. The first-order chi connectivity index (χ1) is 10.8. The van der Waals surface area contributed by atoms with Crippen LogP contribution in [0.15, 0.2) is 0 Å². The van der Waals surface area contributed by atoms with E-state index in [0.717, 1.165) is 18.8 Å². The van der Waals surface area contributed by atoms with Crippen LogP contribution in [0.1, 0.15) is 59.3 Å². The van der Waals surface area contributed by atoms with E-state index >= 15 is 0 Å². The minimum atomic E-state index is -0.759. The highest BCUT2D eigenvalue weighted by Gasteiger charge is 2.64. The number of hydrogen-bond donors (Lipinski definition) is 1. The maximum absolute atomic E-state index is 13.2. The van der Waals surface area contributed by atoms with Crippen LogP contribution in [0.25, 0.3) is 0 Å². The molecule has 1 spiro atoms. The van der Waals surface area contributed by atoms with Crippen LogP contribution in [-0.2, 0) is 9.53 Å². The lowest BCUT2D eigenvalue weighted by molar-refractivity contribution is -0.179. The molecule has 4 nitrogen and oxygen atoms in total. The number of amides is 1. The molecule has 6 heteroatoms. The fraction of sp³-hybridized carbons (Fsp3) is 0.944. The third-order valence-corrected chi connectivity index (χ3v) is 8.05. The third kappa shape index (κ3) is 3.22. The lowest BCUT2D eigenvalue weighted by atomic mass is 9.54. The lowest BCUT2D eigenvalue weighted by Crippen LogP contribution is -2.76. The Bertz CT molecular complexity index is 462. The van der Waals surface area contributed by atoms with E-state index in [2.05, 4.69) is 30.5 Å². The van der Waals surface area contributed by atoms with Crippen molar-refractivity contribution in [2.45, 2.75) is 75.7 Å². The summed E-state index contributed by atoms with van der Waals surface area (Å²) < 4.78 is 6.08. The number of halogens is 1. The average molecular weight is 377 g/mol. The quantitative estimate of drug-likeness (QED) is 0.821. The Hall–Kier alpha value is 0.0300. The van der Waals surface area contributed by atoms with Crippen molar-refractivity contribution >= 4 is 30.1 Å². The molecule has 1 amide bonds. The van der Waals surface area contributed by atoms with Crippen LogP contribution in [0.3, 0.4) is 0 Å². The van der Waals surface area contributed by atoms with Gasteiger partial charge in [0.2, 0.25) is 5.91 Å². The standard InChI is InChI=1S/C18H32N2O2S.ClH/c1-4-22-14-12-18(19,16(14,2)3)15(21)20-10-11-23-17(13-20)8-6-5-7-9-17;/h14H,4-13,19H2,1-3H3;1H. The van der Waals surface area contributed by atoms with Gasteiger partial charge >= 0.3 is 0 Å². The van der Waals surface area contributed by atoms with Gasteiger partial charge in [0, 0.05) is 42.0 Å². The van der Waals surface area contributed by atoms with Crippen LogP contribution in [-0.4, -0.2) is 52.6 Å². The van der Waals surface area contributed by atoms with Crippen molar-refractivity contribution in [3.05, 3.63) is 0 Å². The van der Waals surface area contributed by atoms with Crippen LogP contribution in [0, 0.1) is 5.41 Å². The van der Waals surface area contributed by atoms with E-state index in [1.807, 2.05) is 6.92 Å². The van der Waals surface area contributed by atoms with Crippen LogP contribution in [0.5, 0.6) is 0 Å². The van der Waals surface area contributed by atoms with Gasteiger partial charge < -0.3 is 15.4 Å². The number of carbonyl (C=O) groups excluding carboxylic acids is 1. The Morgan fingerprint density at radius 1 is 1.29 bits per heavy atom. The lowest BCUT2D eigenvalue weighted by Gasteiger charge is -2.59. The zero-order valence-corrected chi connectivity index (χ0v) is 16.9. The SMILES string of the molecule is CCOC1CC(N)(C(=O)N2CCSC3(CCCCC3)C2)C1(C)C.Cl. The van der Waals surface area contributed by atoms with E-state index in [4.69, 9.17) is 10.5 Å². The van der Waals surface area contributed by atoms with Crippen molar-refractivity contribution in [2.75, 3.05) is 25.4 Å². The largest absolute Gasteiger partial charge is 0.378 e. The molecule has 3 aliphatic rings. The molecule has 3 rings (SSSR count). The van der Waals surface area contributed by atoms with Gasteiger partial charge in [0.15, 0.2) is 0 Å². The normalized spacial score (nSPS) is 34.3. The second kappa shape index (κ2) is 7.34. The van der Waals surface area contributed by atoms with Crippen molar-refractivity contribution < 1.29 is 9.53 Å². The molecule has 2 aliphatic carbocycles. The van der Waals surface area contributed by atoms with Gasteiger partial charge in [-0.2, -0.15) is 11.8 Å². The number of thioether (sulfide) groups is 1. The Morgan fingerprint density at radius 2 is 1.96 bits per heavy atom. The van der Waals surface area contributed by atoms with Crippen LogP contribution < -0.4 is 5.73 Å². The molecule has 2 N–H and O–H groups in total. The van der Waals surface area contributed by atoms with Crippen molar-refractivity contribution in [3.63, 3.8) is 0 Å². The molecular formula is C18H33ClN2O2S. The number of nitrogens with two attached hydrogens (primary N) is 1. The molecule has 140 valence electrons. The topological polar surface area (TPSA) is 55.6 Å².